The van der Waals surface area contributed by atoms with Crippen LogP contribution in [-0.2, 0) is 0 Å². The lowest BCUT2D eigenvalue weighted by molar-refractivity contribution is 0.645. The first-order valence-electron chi connectivity index (χ1n) is 9.41. The molecule has 2 heteroatoms. The Balaban J connectivity index is 1.89. The maximum atomic E-state index is 2.59. The van der Waals surface area contributed by atoms with E-state index in [1.807, 2.05) is 0 Å². The van der Waals surface area contributed by atoms with Gasteiger partial charge < -0.3 is 9.80 Å². The third kappa shape index (κ3) is 2.76. The molecule has 1 heterocycles. The topological polar surface area (TPSA) is 6.48 Å². The van der Waals surface area contributed by atoms with Crippen LogP contribution >= 0.6 is 0 Å². The highest BCUT2D eigenvalue weighted by atomic mass is 15.5. The summed E-state index contributed by atoms with van der Waals surface area (Å²) in [7, 11) is 0. The predicted octanol–water partition coefficient (Wildman–Crippen LogP) is 5.80. The minimum absolute atomic E-state index is 0.185. The molecule has 2 unspecified atom stereocenters. The minimum Gasteiger partial charge on any atom is -0.342 e. The average molecular weight is 342 g/mol. The van der Waals surface area contributed by atoms with Gasteiger partial charge in [-0.2, -0.15) is 0 Å². The quantitative estimate of drug-likeness (QED) is 0.594. The normalized spacial score (nSPS) is 22.7. The number of rotatable bonds is 3. The largest absolute Gasteiger partial charge is 0.342 e. The number of benzene rings is 3. The van der Waals surface area contributed by atoms with E-state index < -0.39 is 0 Å². The van der Waals surface area contributed by atoms with E-state index in [-0.39, 0.29) is 6.17 Å². The standard InChI is InChI=1S/C24H26N2/c1-18-12-10-11-17-23(18)26-20(3)19(2)25(22-15-8-5-9-16-22)24(26)21-13-6-4-7-14-21/h4-17,19-20,24H,1-3H3/t19?,20-,24?/m0/s1. The molecular weight excluding hydrogens is 316 g/mol. The second kappa shape index (κ2) is 6.87. The Bertz CT molecular complexity index is 860. The van der Waals surface area contributed by atoms with E-state index in [0.29, 0.717) is 12.1 Å². The van der Waals surface area contributed by atoms with Crippen LogP contribution in [0.5, 0.6) is 0 Å². The summed E-state index contributed by atoms with van der Waals surface area (Å²) in [5.41, 5.74) is 5.24. The first-order chi connectivity index (χ1) is 12.7. The third-order valence-corrected chi connectivity index (χ3v) is 5.65. The van der Waals surface area contributed by atoms with Gasteiger partial charge in [0.2, 0.25) is 0 Å². The van der Waals surface area contributed by atoms with Gasteiger partial charge in [0.1, 0.15) is 6.17 Å². The summed E-state index contributed by atoms with van der Waals surface area (Å²) < 4.78 is 0. The SMILES string of the molecule is Cc1ccccc1N1C(c2ccccc2)N(c2ccccc2)C(C)[C@@H]1C. The molecule has 3 aromatic rings. The highest BCUT2D eigenvalue weighted by Gasteiger charge is 2.43. The van der Waals surface area contributed by atoms with E-state index in [0.717, 1.165) is 0 Å². The van der Waals surface area contributed by atoms with Crippen molar-refractivity contribution in [1.29, 1.82) is 0 Å². The fraction of sp³-hybridized carbons (Fsp3) is 0.250. The number of anilines is 2. The van der Waals surface area contributed by atoms with E-state index in [9.17, 15) is 0 Å². The monoisotopic (exact) mass is 342 g/mol. The molecule has 0 saturated carbocycles. The summed E-state index contributed by atoms with van der Waals surface area (Å²) in [6, 6.07) is 31.2. The predicted molar refractivity (Wildman–Crippen MR) is 111 cm³/mol. The van der Waals surface area contributed by atoms with Gasteiger partial charge in [-0.1, -0.05) is 66.7 Å². The van der Waals surface area contributed by atoms with Gasteiger partial charge >= 0.3 is 0 Å². The molecule has 132 valence electrons. The summed E-state index contributed by atoms with van der Waals surface area (Å²) in [6.45, 7) is 6.89. The maximum Gasteiger partial charge on any atom is 0.129 e. The maximum absolute atomic E-state index is 2.59. The molecule has 0 amide bonds. The van der Waals surface area contributed by atoms with E-state index in [1.54, 1.807) is 0 Å². The van der Waals surface area contributed by atoms with E-state index >= 15 is 0 Å². The van der Waals surface area contributed by atoms with Crippen LogP contribution in [0.3, 0.4) is 0 Å². The molecule has 3 aromatic carbocycles. The van der Waals surface area contributed by atoms with Gasteiger partial charge in [-0.3, -0.25) is 0 Å². The van der Waals surface area contributed by atoms with E-state index in [4.69, 9.17) is 0 Å². The van der Waals surface area contributed by atoms with Gasteiger partial charge in [-0.25, -0.2) is 0 Å². The Morgan fingerprint density at radius 2 is 1.15 bits per heavy atom. The fourth-order valence-electron chi connectivity index (χ4n) is 4.17. The van der Waals surface area contributed by atoms with Crippen molar-refractivity contribution in [2.45, 2.75) is 39.0 Å². The van der Waals surface area contributed by atoms with Crippen molar-refractivity contribution in [3.05, 3.63) is 96.1 Å². The second-order valence-electron chi connectivity index (χ2n) is 7.20. The van der Waals surface area contributed by atoms with Crippen molar-refractivity contribution in [2.24, 2.45) is 0 Å². The lowest BCUT2D eigenvalue weighted by Crippen LogP contribution is -2.33. The second-order valence-corrected chi connectivity index (χ2v) is 7.20. The molecule has 1 aliphatic rings. The van der Waals surface area contributed by atoms with Gasteiger partial charge in [-0.15, -0.1) is 0 Å². The van der Waals surface area contributed by atoms with Gasteiger partial charge in [-0.05, 0) is 50.1 Å². The lowest BCUT2D eigenvalue weighted by atomic mass is 10.1. The van der Waals surface area contributed by atoms with E-state index in [2.05, 4.69) is 116 Å². The van der Waals surface area contributed by atoms with Crippen LogP contribution in [0.1, 0.15) is 31.1 Å². The number of hydrogen-bond acceptors (Lipinski definition) is 2. The Morgan fingerprint density at radius 3 is 1.81 bits per heavy atom. The number of aryl methyl sites for hydroxylation is 1. The van der Waals surface area contributed by atoms with Crippen molar-refractivity contribution >= 4 is 11.4 Å². The van der Waals surface area contributed by atoms with Crippen LogP contribution in [0.15, 0.2) is 84.9 Å². The van der Waals surface area contributed by atoms with Crippen molar-refractivity contribution in [3.8, 4) is 0 Å². The van der Waals surface area contributed by atoms with Crippen molar-refractivity contribution in [3.63, 3.8) is 0 Å². The van der Waals surface area contributed by atoms with Crippen LogP contribution in [0.4, 0.5) is 11.4 Å². The molecular formula is C24H26N2. The highest BCUT2D eigenvalue weighted by molar-refractivity contribution is 5.63. The van der Waals surface area contributed by atoms with Crippen LogP contribution < -0.4 is 9.80 Å². The summed E-state index contributed by atoms with van der Waals surface area (Å²) in [6.07, 6.45) is 0.185. The molecule has 0 aromatic heterocycles. The summed E-state index contributed by atoms with van der Waals surface area (Å²) in [5.74, 6) is 0. The van der Waals surface area contributed by atoms with Gasteiger partial charge in [0.05, 0.1) is 0 Å². The molecule has 1 saturated heterocycles. The van der Waals surface area contributed by atoms with E-state index in [1.165, 1.54) is 22.5 Å². The summed E-state index contributed by atoms with van der Waals surface area (Å²) in [5, 5.41) is 0. The number of nitrogens with zero attached hydrogens (tertiary/aromatic N) is 2. The molecule has 0 spiro atoms. The molecule has 26 heavy (non-hydrogen) atoms. The zero-order valence-corrected chi connectivity index (χ0v) is 15.7. The third-order valence-electron chi connectivity index (χ3n) is 5.65. The zero-order valence-electron chi connectivity index (χ0n) is 15.7. The van der Waals surface area contributed by atoms with Crippen molar-refractivity contribution in [1.82, 2.24) is 0 Å². The average Bonchev–Trinajstić information content (AvgIpc) is 2.95. The molecule has 0 N–H and O–H groups in total. The zero-order chi connectivity index (χ0) is 18.1. The summed E-state index contributed by atoms with van der Waals surface area (Å²) in [4.78, 5) is 5.15. The first kappa shape index (κ1) is 16.7. The molecule has 1 fully saturated rings. The van der Waals surface area contributed by atoms with Crippen LogP contribution in [0, 0.1) is 6.92 Å². The van der Waals surface area contributed by atoms with Crippen molar-refractivity contribution in [2.75, 3.05) is 9.80 Å². The molecule has 0 bridgehead atoms. The summed E-state index contributed by atoms with van der Waals surface area (Å²) >= 11 is 0. The number of hydrogen-bond donors (Lipinski definition) is 0. The molecule has 0 aliphatic carbocycles. The van der Waals surface area contributed by atoms with Gasteiger partial charge in [0.15, 0.2) is 0 Å². The highest BCUT2D eigenvalue weighted by Crippen LogP contribution is 2.44. The van der Waals surface area contributed by atoms with Crippen LogP contribution in [-0.4, -0.2) is 12.1 Å². The molecule has 1 aliphatic heterocycles. The smallest absolute Gasteiger partial charge is 0.129 e. The minimum atomic E-state index is 0.185. The first-order valence-corrected chi connectivity index (χ1v) is 9.41. The molecule has 2 nitrogen and oxygen atoms in total. The Hall–Kier alpha value is -2.74. The Labute approximate surface area is 156 Å². The Kier molecular flexibility index (Phi) is 4.42. The van der Waals surface area contributed by atoms with Crippen LogP contribution in [0.25, 0.3) is 0 Å². The van der Waals surface area contributed by atoms with Gasteiger partial charge in [0.25, 0.3) is 0 Å². The van der Waals surface area contributed by atoms with Crippen LogP contribution in [0.2, 0.25) is 0 Å². The fourth-order valence-corrected chi connectivity index (χ4v) is 4.17. The molecule has 0 radical (unpaired) electrons. The number of para-hydroxylation sites is 2. The lowest BCUT2D eigenvalue weighted by Gasteiger charge is -2.35. The molecule has 4 rings (SSSR count). The van der Waals surface area contributed by atoms with Crippen molar-refractivity contribution < 1.29 is 0 Å². The Morgan fingerprint density at radius 1 is 0.615 bits per heavy atom. The molecule has 3 atom stereocenters. The van der Waals surface area contributed by atoms with Gasteiger partial charge in [0, 0.05) is 23.5 Å².